The van der Waals surface area contributed by atoms with Gasteiger partial charge in [0.2, 0.25) is 0 Å². The van der Waals surface area contributed by atoms with Crippen molar-refractivity contribution in [2.45, 2.75) is 78.1 Å². The lowest BCUT2D eigenvalue weighted by molar-refractivity contribution is 0.00578. The first kappa shape index (κ1) is 24.5. The fourth-order valence-corrected chi connectivity index (χ4v) is 4.10. The molecule has 8 heteroatoms. The highest BCUT2D eigenvalue weighted by molar-refractivity contribution is 6.64. The Morgan fingerprint density at radius 3 is 2.21 bits per heavy atom. The molecule has 1 aromatic heterocycles. The number of hydrogen-bond donors (Lipinski definition) is 1. The van der Waals surface area contributed by atoms with Gasteiger partial charge in [0.05, 0.1) is 16.8 Å². The van der Waals surface area contributed by atoms with Gasteiger partial charge in [0.15, 0.2) is 0 Å². The Bertz CT molecular complexity index is 1030. The van der Waals surface area contributed by atoms with Crippen LogP contribution in [0.15, 0.2) is 36.5 Å². The summed E-state index contributed by atoms with van der Waals surface area (Å²) >= 11 is 0. The summed E-state index contributed by atoms with van der Waals surface area (Å²) in [6, 6.07) is 9.23. The molecule has 182 valence electrons. The van der Waals surface area contributed by atoms with Gasteiger partial charge in [-0.2, -0.15) is 0 Å². The van der Waals surface area contributed by atoms with Gasteiger partial charge in [-0.1, -0.05) is 0 Å². The van der Waals surface area contributed by atoms with Gasteiger partial charge in [0.1, 0.15) is 17.2 Å². The molecule has 2 aliphatic rings. The van der Waals surface area contributed by atoms with Crippen molar-refractivity contribution in [3.63, 3.8) is 0 Å². The number of nitrogens with zero attached hydrogens (tertiary/aromatic N) is 2. The van der Waals surface area contributed by atoms with E-state index in [0.29, 0.717) is 11.3 Å². The predicted octanol–water partition coefficient (Wildman–Crippen LogP) is 4.41. The van der Waals surface area contributed by atoms with Crippen LogP contribution in [0, 0.1) is 0 Å². The number of amides is 1. The molecule has 3 heterocycles. The molecule has 1 aromatic carbocycles. The fraction of sp³-hybridized carbons (Fsp3) is 0.538. The van der Waals surface area contributed by atoms with Gasteiger partial charge in [-0.25, -0.2) is 4.98 Å². The molecule has 34 heavy (non-hydrogen) atoms. The van der Waals surface area contributed by atoms with Gasteiger partial charge < -0.3 is 24.3 Å². The summed E-state index contributed by atoms with van der Waals surface area (Å²) in [4.78, 5) is 20.1. The smallest absolute Gasteiger partial charge is 0.488 e. The first-order valence-electron chi connectivity index (χ1n) is 12.1. The van der Waals surface area contributed by atoms with Crippen molar-refractivity contribution in [3.8, 4) is 5.75 Å². The van der Waals surface area contributed by atoms with E-state index in [1.165, 1.54) is 0 Å². The van der Waals surface area contributed by atoms with Crippen molar-refractivity contribution in [2.75, 3.05) is 23.3 Å². The predicted molar refractivity (Wildman–Crippen MR) is 136 cm³/mol. The Balaban J connectivity index is 1.58. The zero-order valence-electron chi connectivity index (χ0n) is 21.4. The molecule has 0 aliphatic carbocycles. The lowest BCUT2D eigenvalue weighted by Crippen LogP contribution is -2.41. The van der Waals surface area contributed by atoms with E-state index in [-0.39, 0.29) is 11.5 Å². The molecular weight excluding hydrogens is 429 g/mol. The number of carbonyl (C=O) groups is 1. The van der Waals surface area contributed by atoms with Crippen LogP contribution < -0.4 is 20.4 Å². The topological polar surface area (TPSA) is 72.9 Å². The Morgan fingerprint density at radius 2 is 1.65 bits per heavy atom. The second-order valence-electron chi connectivity index (χ2n) is 11.1. The van der Waals surface area contributed by atoms with Crippen LogP contribution in [0.3, 0.4) is 0 Å². The first-order chi connectivity index (χ1) is 15.8. The van der Waals surface area contributed by atoms with E-state index < -0.39 is 18.3 Å². The molecule has 0 saturated carbocycles. The number of anilines is 2. The number of rotatable bonds is 5. The quantitative estimate of drug-likeness (QED) is 0.660. The van der Waals surface area contributed by atoms with Gasteiger partial charge in [-0.3, -0.25) is 4.79 Å². The number of pyridine rings is 1. The summed E-state index contributed by atoms with van der Waals surface area (Å²) in [5.41, 5.74) is 0.707. The van der Waals surface area contributed by atoms with Crippen LogP contribution >= 0.6 is 0 Å². The highest BCUT2D eigenvalue weighted by Crippen LogP contribution is 2.37. The molecule has 0 bridgehead atoms. The second-order valence-corrected chi connectivity index (χ2v) is 11.1. The van der Waals surface area contributed by atoms with Crippen LogP contribution in [0.1, 0.15) is 71.7 Å². The summed E-state index contributed by atoms with van der Waals surface area (Å²) in [6.45, 7) is 16.0. The van der Waals surface area contributed by atoms with Crippen molar-refractivity contribution in [2.24, 2.45) is 0 Å². The minimum atomic E-state index is -0.588. The number of hydrogen-bond acceptors (Lipinski definition) is 6. The van der Waals surface area contributed by atoms with Gasteiger partial charge in [0.25, 0.3) is 5.91 Å². The third-order valence-corrected chi connectivity index (χ3v) is 6.61. The zero-order chi connectivity index (χ0) is 24.7. The molecule has 0 unspecified atom stereocenters. The fourth-order valence-electron chi connectivity index (χ4n) is 4.10. The van der Waals surface area contributed by atoms with E-state index in [4.69, 9.17) is 19.0 Å². The summed E-state index contributed by atoms with van der Waals surface area (Å²) < 4.78 is 18.5. The summed E-state index contributed by atoms with van der Waals surface area (Å²) in [5.74, 6) is 1.35. The van der Waals surface area contributed by atoms with Crippen LogP contribution in [0.5, 0.6) is 5.75 Å². The molecule has 7 nitrogen and oxygen atoms in total. The van der Waals surface area contributed by atoms with Crippen LogP contribution in [0.4, 0.5) is 11.5 Å². The van der Waals surface area contributed by atoms with Gasteiger partial charge in [-0.05, 0) is 91.6 Å². The van der Waals surface area contributed by atoms with E-state index in [1.807, 2.05) is 78.8 Å². The monoisotopic (exact) mass is 465 g/mol. The van der Waals surface area contributed by atoms with E-state index in [2.05, 4.69) is 10.2 Å². The van der Waals surface area contributed by atoms with Crippen molar-refractivity contribution in [1.29, 1.82) is 0 Å². The number of nitrogens with one attached hydrogen (secondary N) is 1. The number of benzene rings is 1. The largest absolute Gasteiger partial charge is 0.498 e. The van der Waals surface area contributed by atoms with E-state index in [9.17, 15) is 4.79 Å². The maximum atomic E-state index is 13.1. The van der Waals surface area contributed by atoms with Crippen molar-refractivity contribution >= 4 is 30.0 Å². The van der Waals surface area contributed by atoms with Crippen LogP contribution in [-0.2, 0) is 9.31 Å². The summed E-state index contributed by atoms with van der Waals surface area (Å²) in [5, 5.41) is 2.96. The summed E-state index contributed by atoms with van der Waals surface area (Å²) in [6.07, 6.45) is 3.89. The number of aromatic nitrogens is 1. The average Bonchev–Trinajstić information content (AvgIpc) is 3.34. The Labute approximate surface area is 203 Å². The average molecular weight is 465 g/mol. The molecule has 0 radical (unpaired) electrons. The van der Waals surface area contributed by atoms with E-state index in [1.54, 1.807) is 6.20 Å². The van der Waals surface area contributed by atoms with Crippen molar-refractivity contribution < 1.29 is 18.8 Å². The lowest BCUT2D eigenvalue weighted by Gasteiger charge is -2.32. The minimum Gasteiger partial charge on any atom is -0.488 e. The zero-order valence-corrected chi connectivity index (χ0v) is 21.4. The molecule has 0 spiro atoms. The first-order valence-corrected chi connectivity index (χ1v) is 12.1. The molecule has 0 atom stereocenters. The molecule has 2 aromatic rings. The normalized spacial score (nSPS) is 19.4. The van der Waals surface area contributed by atoms with Gasteiger partial charge in [0, 0.05) is 30.4 Å². The minimum absolute atomic E-state index is 0.234. The van der Waals surface area contributed by atoms with Crippen LogP contribution in [0.25, 0.3) is 0 Å². The number of carbonyl (C=O) groups excluding carboxylic acids is 1. The molecule has 2 aliphatic heterocycles. The molecule has 1 N–H and O–H groups in total. The van der Waals surface area contributed by atoms with E-state index in [0.717, 1.165) is 43.0 Å². The van der Waals surface area contributed by atoms with Crippen LogP contribution in [-0.4, -0.2) is 47.9 Å². The highest BCUT2D eigenvalue weighted by atomic mass is 16.7. The second kappa shape index (κ2) is 8.89. The Hall–Kier alpha value is -2.58. The van der Waals surface area contributed by atoms with Crippen molar-refractivity contribution in [3.05, 3.63) is 42.1 Å². The molecule has 2 saturated heterocycles. The third-order valence-electron chi connectivity index (χ3n) is 6.61. The number of ether oxygens (including phenoxy) is 1. The lowest BCUT2D eigenvalue weighted by atomic mass is 9.78. The maximum absolute atomic E-state index is 13.1. The van der Waals surface area contributed by atoms with Crippen molar-refractivity contribution in [1.82, 2.24) is 4.98 Å². The van der Waals surface area contributed by atoms with Gasteiger partial charge in [-0.15, -0.1) is 0 Å². The molecule has 2 fully saturated rings. The summed E-state index contributed by atoms with van der Waals surface area (Å²) in [7, 11) is -0.588. The van der Waals surface area contributed by atoms with Crippen LogP contribution in [0.2, 0.25) is 0 Å². The third kappa shape index (κ3) is 5.23. The Morgan fingerprint density at radius 1 is 1.06 bits per heavy atom. The molecule has 1 amide bonds. The highest BCUT2D eigenvalue weighted by Gasteiger charge is 2.53. The maximum Gasteiger partial charge on any atom is 0.498 e. The molecular formula is C26H36BN3O4. The van der Waals surface area contributed by atoms with E-state index >= 15 is 0 Å². The Kier molecular flexibility index (Phi) is 6.42. The SMILES string of the molecule is CC(C)(C)Oc1ccc(NC(=O)c2cnc(N3CCCC3)c(B3OC(C)(C)C(C)(C)O3)c2)cc1. The van der Waals surface area contributed by atoms with Gasteiger partial charge >= 0.3 is 7.12 Å². The standard InChI is InChI=1S/C26H36BN3O4/c1-24(2,3)32-20-12-10-19(11-13-20)29-23(31)18-16-21(22(28-17-18)30-14-8-9-15-30)27-33-25(4,5)26(6,7)34-27/h10-13,16-17H,8-9,14-15H2,1-7H3,(H,29,31). The molecule has 4 rings (SSSR count).